The molecule has 3 aromatic rings. The van der Waals surface area contributed by atoms with Crippen molar-refractivity contribution in [3.05, 3.63) is 58.9 Å². The van der Waals surface area contributed by atoms with Crippen molar-refractivity contribution in [1.82, 2.24) is 9.97 Å². The van der Waals surface area contributed by atoms with Crippen LogP contribution in [0.3, 0.4) is 0 Å². The summed E-state index contributed by atoms with van der Waals surface area (Å²) in [6.45, 7) is 3.76. The fourth-order valence-electron chi connectivity index (χ4n) is 2.33. The van der Waals surface area contributed by atoms with Gasteiger partial charge in [0.05, 0.1) is 12.8 Å². The highest BCUT2D eigenvalue weighted by Gasteiger charge is 2.12. The van der Waals surface area contributed by atoms with Gasteiger partial charge in [0.25, 0.3) is 5.91 Å². The molecule has 3 rings (SSSR count). The van der Waals surface area contributed by atoms with Crippen molar-refractivity contribution < 1.29 is 9.53 Å². The standard InChI is InChI=1S/C18H17N3O2S/c1-11-7-14(13-5-4-6-15(8-13)23-3)9-16(19-11)17(22)21-18-20-12(2)10-24-18/h4-10H,1-3H3,(H,20,21,22). The summed E-state index contributed by atoms with van der Waals surface area (Å²) in [5.74, 6) is 0.503. The van der Waals surface area contributed by atoms with E-state index in [1.807, 2.05) is 49.6 Å². The molecule has 6 heteroatoms. The van der Waals surface area contributed by atoms with Gasteiger partial charge in [-0.3, -0.25) is 10.1 Å². The molecule has 0 atom stereocenters. The van der Waals surface area contributed by atoms with Gasteiger partial charge in [0.1, 0.15) is 11.4 Å². The molecule has 0 fully saturated rings. The second-order valence-corrected chi connectivity index (χ2v) is 6.22. The third-order valence-electron chi connectivity index (χ3n) is 3.43. The minimum atomic E-state index is -0.266. The van der Waals surface area contributed by atoms with Crippen molar-refractivity contribution >= 4 is 22.4 Å². The Bertz CT molecular complexity index is 889. The van der Waals surface area contributed by atoms with E-state index in [2.05, 4.69) is 15.3 Å². The first kappa shape index (κ1) is 16.1. The Morgan fingerprint density at radius 3 is 2.62 bits per heavy atom. The van der Waals surface area contributed by atoms with Crippen LogP contribution in [0.1, 0.15) is 21.9 Å². The molecule has 0 aliphatic rings. The van der Waals surface area contributed by atoms with Gasteiger partial charge in [-0.1, -0.05) is 12.1 Å². The molecule has 0 radical (unpaired) electrons. The molecule has 2 heterocycles. The van der Waals surface area contributed by atoms with Gasteiger partial charge in [0.2, 0.25) is 0 Å². The van der Waals surface area contributed by atoms with Crippen molar-refractivity contribution in [2.45, 2.75) is 13.8 Å². The van der Waals surface area contributed by atoms with E-state index in [1.165, 1.54) is 11.3 Å². The zero-order valence-corrected chi connectivity index (χ0v) is 14.5. The van der Waals surface area contributed by atoms with Crippen LogP contribution < -0.4 is 10.1 Å². The van der Waals surface area contributed by atoms with Crippen LogP contribution >= 0.6 is 11.3 Å². The summed E-state index contributed by atoms with van der Waals surface area (Å²) in [7, 11) is 1.63. The maximum Gasteiger partial charge on any atom is 0.276 e. The molecular weight excluding hydrogens is 322 g/mol. The van der Waals surface area contributed by atoms with Crippen molar-refractivity contribution in [2.75, 3.05) is 12.4 Å². The summed E-state index contributed by atoms with van der Waals surface area (Å²) in [5.41, 5.74) is 3.90. The molecule has 1 aromatic carbocycles. The van der Waals surface area contributed by atoms with Gasteiger partial charge < -0.3 is 4.74 Å². The first-order valence-electron chi connectivity index (χ1n) is 7.42. The normalized spacial score (nSPS) is 10.5. The predicted octanol–water partition coefficient (Wildman–Crippen LogP) is 4.08. The van der Waals surface area contributed by atoms with E-state index in [0.717, 1.165) is 28.3 Å². The van der Waals surface area contributed by atoms with E-state index in [-0.39, 0.29) is 5.91 Å². The number of hydrogen-bond donors (Lipinski definition) is 1. The molecule has 0 bridgehead atoms. The highest BCUT2D eigenvalue weighted by Crippen LogP contribution is 2.25. The summed E-state index contributed by atoms with van der Waals surface area (Å²) in [6, 6.07) is 11.4. The number of carbonyl (C=O) groups excluding carboxylic acids is 1. The molecule has 122 valence electrons. The quantitative estimate of drug-likeness (QED) is 0.778. The monoisotopic (exact) mass is 339 g/mol. The number of aryl methyl sites for hydroxylation is 2. The maximum absolute atomic E-state index is 12.5. The van der Waals surface area contributed by atoms with Crippen LogP contribution in [0, 0.1) is 13.8 Å². The third-order valence-corrected chi connectivity index (χ3v) is 4.30. The van der Waals surface area contributed by atoms with Crippen LogP contribution in [0.15, 0.2) is 41.8 Å². The number of pyridine rings is 1. The van der Waals surface area contributed by atoms with Crippen LogP contribution in [-0.2, 0) is 0 Å². The summed E-state index contributed by atoms with van der Waals surface area (Å²) in [6.07, 6.45) is 0. The Balaban J connectivity index is 1.92. The molecule has 0 saturated carbocycles. The number of nitrogens with one attached hydrogen (secondary N) is 1. The molecule has 1 N–H and O–H groups in total. The number of ether oxygens (including phenoxy) is 1. The summed E-state index contributed by atoms with van der Waals surface area (Å²) in [4.78, 5) is 21.0. The number of methoxy groups -OCH3 is 1. The van der Waals surface area contributed by atoms with Crippen molar-refractivity contribution in [1.29, 1.82) is 0 Å². The van der Waals surface area contributed by atoms with Gasteiger partial charge in [0.15, 0.2) is 5.13 Å². The third kappa shape index (κ3) is 3.60. The predicted molar refractivity (Wildman–Crippen MR) is 95.8 cm³/mol. The topological polar surface area (TPSA) is 64.1 Å². The van der Waals surface area contributed by atoms with Crippen molar-refractivity contribution in [3.63, 3.8) is 0 Å². The van der Waals surface area contributed by atoms with Gasteiger partial charge in [-0.25, -0.2) is 9.97 Å². The molecule has 0 spiro atoms. The minimum absolute atomic E-state index is 0.266. The van der Waals surface area contributed by atoms with E-state index in [1.54, 1.807) is 13.2 Å². The molecule has 1 amide bonds. The van der Waals surface area contributed by atoms with Gasteiger partial charge in [-0.05, 0) is 49.2 Å². The van der Waals surface area contributed by atoms with E-state index < -0.39 is 0 Å². The van der Waals surface area contributed by atoms with E-state index >= 15 is 0 Å². The van der Waals surface area contributed by atoms with E-state index in [0.29, 0.717) is 10.8 Å². The zero-order valence-electron chi connectivity index (χ0n) is 13.7. The second kappa shape index (κ2) is 6.80. The first-order chi connectivity index (χ1) is 11.5. The number of carbonyl (C=O) groups is 1. The lowest BCUT2D eigenvalue weighted by molar-refractivity contribution is 0.102. The lowest BCUT2D eigenvalue weighted by Crippen LogP contribution is -2.14. The summed E-state index contributed by atoms with van der Waals surface area (Å²) in [5, 5.41) is 5.25. The van der Waals surface area contributed by atoms with Crippen molar-refractivity contribution in [2.24, 2.45) is 0 Å². The van der Waals surface area contributed by atoms with Crippen LogP contribution in [0.5, 0.6) is 5.75 Å². The SMILES string of the molecule is COc1cccc(-c2cc(C)nc(C(=O)Nc3nc(C)cs3)c2)c1. The number of anilines is 1. The molecule has 24 heavy (non-hydrogen) atoms. The second-order valence-electron chi connectivity index (χ2n) is 5.36. The number of thiazole rings is 1. The van der Waals surface area contributed by atoms with Gasteiger partial charge >= 0.3 is 0 Å². The molecule has 0 unspecified atom stereocenters. The number of aromatic nitrogens is 2. The zero-order chi connectivity index (χ0) is 17.1. The van der Waals surface area contributed by atoms with Crippen LogP contribution in [0.4, 0.5) is 5.13 Å². The van der Waals surface area contributed by atoms with E-state index in [4.69, 9.17) is 4.74 Å². The number of rotatable bonds is 4. The van der Waals surface area contributed by atoms with Crippen LogP contribution in [0.2, 0.25) is 0 Å². The van der Waals surface area contributed by atoms with Crippen LogP contribution in [0.25, 0.3) is 11.1 Å². The molecule has 0 aliphatic carbocycles. The Morgan fingerprint density at radius 2 is 1.92 bits per heavy atom. The smallest absolute Gasteiger partial charge is 0.276 e. The van der Waals surface area contributed by atoms with Gasteiger partial charge in [-0.15, -0.1) is 11.3 Å². The summed E-state index contributed by atoms with van der Waals surface area (Å²) >= 11 is 1.39. The Labute approximate surface area is 144 Å². The maximum atomic E-state index is 12.5. The first-order valence-corrected chi connectivity index (χ1v) is 8.30. The molecular formula is C18H17N3O2S. The average Bonchev–Trinajstić information content (AvgIpc) is 2.99. The van der Waals surface area contributed by atoms with Gasteiger partial charge in [-0.2, -0.15) is 0 Å². The van der Waals surface area contributed by atoms with Gasteiger partial charge in [0, 0.05) is 11.1 Å². The highest BCUT2D eigenvalue weighted by atomic mass is 32.1. The highest BCUT2D eigenvalue weighted by molar-refractivity contribution is 7.13. The fraction of sp³-hybridized carbons (Fsp3) is 0.167. The molecule has 5 nitrogen and oxygen atoms in total. The lowest BCUT2D eigenvalue weighted by atomic mass is 10.0. The Hall–Kier alpha value is -2.73. The number of amides is 1. The molecule has 0 aliphatic heterocycles. The Kier molecular flexibility index (Phi) is 4.57. The largest absolute Gasteiger partial charge is 0.497 e. The Morgan fingerprint density at radius 1 is 1.08 bits per heavy atom. The minimum Gasteiger partial charge on any atom is -0.497 e. The fourth-order valence-corrected chi connectivity index (χ4v) is 3.01. The van der Waals surface area contributed by atoms with E-state index in [9.17, 15) is 4.79 Å². The van der Waals surface area contributed by atoms with Crippen molar-refractivity contribution in [3.8, 4) is 16.9 Å². The summed E-state index contributed by atoms with van der Waals surface area (Å²) < 4.78 is 5.26. The lowest BCUT2D eigenvalue weighted by Gasteiger charge is -2.08. The molecule has 2 aromatic heterocycles. The average molecular weight is 339 g/mol. The number of benzene rings is 1. The van der Waals surface area contributed by atoms with Crippen LogP contribution in [-0.4, -0.2) is 23.0 Å². The number of nitrogens with zero attached hydrogens (tertiary/aromatic N) is 2. The number of hydrogen-bond acceptors (Lipinski definition) is 5. The molecule has 0 saturated heterocycles.